The first-order chi connectivity index (χ1) is 12.7. The summed E-state index contributed by atoms with van der Waals surface area (Å²) in [7, 11) is 0. The first kappa shape index (κ1) is 17.3. The van der Waals surface area contributed by atoms with Gasteiger partial charge in [-0.2, -0.15) is 0 Å². The minimum absolute atomic E-state index is 0.307. The SMILES string of the molecule is Cc1cnc(-c2ccncc2)n1C1CCCN(C(=O)CC2CCCC2)C1. The molecule has 1 saturated carbocycles. The van der Waals surface area contributed by atoms with Gasteiger partial charge in [0, 0.05) is 49.4 Å². The molecule has 2 aromatic heterocycles. The van der Waals surface area contributed by atoms with Crippen LogP contribution in [0, 0.1) is 12.8 Å². The van der Waals surface area contributed by atoms with Crippen LogP contribution in [0.1, 0.15) is 56.7 Å². The Labute approximate surface area is 155 Å². The molecule has 5 nitrogen and oxygen atoms in total. The van der Waals surface area contributed by atoms with Gasteiger partial charge in [-0.25, -0.2) is 4.98 Å². The summed E-state index contributed by atoms with van der Waals surface area (Å²) in [6.45, 7) is 3.82. The molecule has 0 radical (unpaired) electrons. The summed E-state index contributed by atoms with van der Waals surface area (Å²) in [5.74, 6) is 1.95. The van der Waals surface area contributed by atoms with E-state index in [0.29, 0.717) is 17.9 Å². The quantitative estimate of drug-likeness (QED) is 0.836. The maximum Gasteiger partial charge on any atom is 0.222 e. The van der Waals surface area contributed by atoms with E-state index in [1.54, 1.807) is 0 Å². The van der Waals surface area contributed by atoms with Crippen molar-refractivity contribution in [2.24, 2.45) is 5.92 Å². The van der Waals surface area contributed by atoms with Crippen LogP contribution < -0.4 is 0 Å². The average Bonchev–Trinajstić information content (AvgIpc) is 3.32. The van der Waals surface area contributed by atoms with E-state index < -0.39 is 0 Å². The Morgan fingerprint density at radius 2 is 1.92 bits per heavy atom. The van der Waals surface area contributed by atoms with Crippen molar-refractivity contribution in [3.63, 3.8) is 0 Å². The molecule has 1 atom stereocenters. The molecule has 138 valence electrons. The van der Waals surface area contributed by atoms with Gasteiger partial charge in [0.1, 0.15) is 5.82 Å². The van der Waals surface area contributed by atoms with E-state index >= 15 is 0 Å². The molecule has 0 spiro atoms. The number of amides is 1. The topological polar surface area (TPSA) is 51.0 Å². The minimum atomic E-state index is 0.307. The molecule has 1 saturated heterocycles. The van der Waals surface area contributed by atoms with Crippen LogP contribution in [0.5, 0.6) is 0 Å². The average molecular weight is 352 g/mol. The molecule has 2 fully saturated rings. The Bertz CT molecular complexity index is 749. The fraction of sp³-hybridized carbons (Fsp3) is 0.571. The number of carbonyl (C=O) groups is 1. The minimum Gasteiger partial charge on any atom is -0.341 e. The lowest BCUT2D eigenvalue weighted by atomic mass is 10.00. The highest BCUT2D eigenvalue weighted by molar-refractivity contribution is 5.76. The Balaban J connectivity index is 1.51. The predicted octanol–water partition coefficient (Wildman–Crippen LogP) is 4.00. The number of aromatic nitrogens is 3. The van der Waals surface area contributed by atoms with Crippen molar-refractivity contribution in [3.8, 4) is 11.4 Å². The van der Waals surface area contributed by atoms with Gasteiger partial charge in [0.2, 0.25) is 5.91 Å². The van der Waals surface area contributed by atoms with Gasteiger partial charge in [0.25, 0.3) is 0 Å². The highest BCUT2D eigenvalue weighted by Gasteiger charge is 2.29. The standard InChI is InChI=1S/C21H28N4O/c1-16-14-23-21(18-8-10-22-11-9-18)25(16)19-7-4-12-24(15-19)20(26)13-17-5-2-3-6-17/h8-11,14,17,19H,2-7,12-13,15H2,1H3. The molecule has 3 heterocycles. The fourth-order valence-electron chi connectivity index (χ4n) is 4.60. The summed E-state index contributed by atoms with van der Waals surface area (Å²) in [5, 5.41) is 0. The molecule has 2 aromatic rings. The molecule has 0 aromatic carbocycles. The maximum atomic E-state index is 12.8. The van der Waals surface area contributed by atoms with Crippen molar-refractivity contribution in [2.45, 2.75) is 57.9 Å². The third kappa shape index (κ3) is 3.53. The summed E-state index contributed by atoms with van der Waals surface area (Å²) in [6.07, 6.45) is 13.5. The summed E-state index contributed by atoms with van der Waals surface area (Å²) in [6, 6.07) is 4.32. The van der Waals surface area contributed by atoms with Gasteiger partial charge in [-0.05, 0) is 50.7 Å². The number of rotatable bonds is 4. The largest absolute Gasteiger partial charge is 0.341 e. The summed E-state index contributed by atoms with van der Waals surface area (Å²) in [4.78, 5) is 23.7. The van der Waals surface area contributed by atoms with Crippen LogP contribution in [0.15, 0.2) is 30.7 Å². The lowest BCUT2D eigenvalue weighted by molar-refractivity contribution is -0.133. The second-order valence-electron chi connectivity index (χ2n) is 7.82. The molecule has 0 N–H and O–H groups in total. The van der Waals surface area contributed by atoms with Gasteiger partial charge >= 0.3 is 0 Å². The Morgan fingerprint density at radius 3 is 2.69 bits per heavy atom. The summed E-state index contributed by atoms with van der Waals surface area (Å²) < 4.78 is 2.32. The van der Waals surface area contributed by atoms with Crippen molar-refractivity contribution in [2.75, 3.05) is 13.1 Å². The number of pyridine rings is 1. The van der Waals surface area contributed by atoms with Crippen molar-refractivity contribution in [1.82, 2.24) is 19.4 Å². The highest BCUT2D eigenvalue weighted by Crippen LogP contribution is 2.31. The van der Waals surface area contributed by atoms with E-state index in [1.807, 2.05) is 30.7 Å². The van der Waals surface area contributed by atoms with Gasteiger partial charge in [-0.1, -0.05) is 12.8 Å². The first-order valence-electron chi connectivity index (χ1n) is 9.94. The lowest BCUT2D eigenvalue weighted by Crippen LogP contribution is -2.41. The third-order valence-corrected chi connectivity index (χ3v) is 5.97. The predicted molar refractivity (Wildman–Crippen MR) is 102 cm³/mol. The number of carbonyl (C=O) groups excluding carboxylic acids is 1. The third-order valence-electron chi connectivity index (χ3n) is 5.97. The Morgan fingerprint density at radius 1 is 1.15 bits per heavy atom. The van der Waals surface area contributed by atoms with E-state index in [4.69, 9.17) is 0 Å². The molecule has 1 amide bonds. The molecule has 26 heavy (non-hydrogen) atoms. The molecule has 5 heteroatoms. The molecular formula is C21H28N4O. The van der Waals surface area contributed by atoms with Crippen LogP contribution in [-0.2, 0) is 4.79 Å². The van der Waals surface area contributed by atoms with Gasteiger partial charge in [-0.3, -0.25) is 9.78 Å². The Hall–Kier alpha value is -2.17. The summed E-state index contributed by atoms with van der Waals surface area (Å²) in [5.41, 5.74) is 2.24. The number of hydrogen-bond acceptors (Lipinski definition) is 3. The van der Waals surface area contributed by atoms with E-state index in [0.717, 1.165) is 49.4 Å². The number of aryl methyl sites for hydroxylation is 1. The molecular weight excluding hydrogens is 324 g/mol. The van der Waals surface area contributed by atoms with E-state index in [9.17, 15) is 4.79 Å². The lowest BCUT2D eigenvalue weighted by Gasteiger charge is -2.35. The van der Waals surface area contributed by atoms with Crippen molar-refractivity contribution in [3.05, 3.63) is 36.4 Å². The van der Waals surface area contributed by atoms with Crippen molar-refractivity contribution >= 4 is 5.91 Å². The normalized spacial score (nSPS) is 21.3. The van der Waals surface area contributed by atoms with E-state index in [1.165, 1.54) is 25.7 Å². The fourth-order valence-corrected chi connectivity index (χ4v) is 4.60. The van der Waals surface area contributed by atoms with Gasteiger partial charge < -0.3 is 9.47 Å². The van der Waals surface area contributed by atoms with Crippen LogP contribution in [0.25, 0.3) is 11.4 Å². The molecule has 2 aliphatic rings. The zero-order valence-corrected chi connectivity index (χ0v) is 15.6. The van der Waals surface area contributed by atoms with Gasteiger partial charge in [0.15, 0.2) is 0 Å². The smallest absolute Gasteiger partial charge is 0.222 e. The molecule has 1 aliphatic heterocycles. The number of nitrogens with zero attached hydrogens (tertiary/aromatic N) is 4. The van der Waals surface area contributed by atoms with Crippen LogP contribution in [0.3, 0.4) is 0 Å². The van der Waals surface area contributed by atoms with Crippen LogP contribution in [0.4, 0.5) is 0 Å². The molecule has 4 rings (SSSR count). The monoisotopic (exact) mass is 352 g/mol. The zero-order valence-electron chi connectivity index (χ0n) is 15.6. The van der Waals surface area contributed by atoms with Crippen molar-refractivity contribution in [1.29, 1.82) is 0 Å². The number of piperidine rings is 1. The van der Waals surface area contributed by atoms with E-state index in [-0.39, 0.29) is 0 Å². The number of hydrogen-bond donors (Lipinski definition) is 0. The Kier molecular flexibility index (Phi) is 5.05. The van der Waals surface area contributed by atoms with E-state index in [2.05, 4.69) is 26.4 Å². The number of imidazole rings is 1. The molecule has 1 unspecified atom stereocenters. The second kappa shape index (κ2) is 7.60. The van der Waals surface area contributed by atoms with Gasteiger partial charge in [0.05, 0.1) is 6.04 Å². The molecule has 0 bridgehead atoms. The first-order valence-corrected chi connectivity index (χ1v) is 9.94. The van der Waals surface area contributed by atoms with Crippen molar-refractivity contribution < 1.29 is 4.79 Å². The number of likely N-dealkylation sites (tertiary alicyclic amines) is 1. The molecule has 1 aliphatic carbocycles. The van der Waals surface area contributed by atoms with Crippen LogP contribution in [0.2, 0.25) is 0 Å². The van der Waals surface area contributed by atoms with Gasteiger partial charge in [-0.15, -0.1) is 0 Å². The second-order valence-corrected chi connectivity index (χ2v) is 7.82. The van der Waals surface area contributed by atoms with Crippen LogP contribution >= 0.6 is 0 Å². The maximum absolute atomic E-state index is 12.8. The highest BCUT2D eigenvalue weighted by atomic mass is 16.2. The summed E-state index contributed by atoms with van der Waals surface area (Å²) >= 11 is 0. The zero-order chi connectivity index (χ0) is 17.9. The van der Waals surface area contributed by atoms with Crippen LogP contribution in [-0.4, -0.2) is 38.4 Å².